The molecule has 0 saturated carbocycles. The maximum absolute atomic E-state index is 14.0. The zero-order valence-electron chi connectivity index (χ0n) is 18.5. The number of aryl methyl sites for hydroxylation is 1. The fraction of sp³-hybridized carbons (Fsp3) is 0.308. The van der Waals surface area contributed by atoms with E-state index < -0.39 is 0 Å². The molecule has 5 rings (SSSR count). The fourth-order valence-electron chi connectivity index (χ4n) is 4.15. The summed E-state index contributed by atoms with van der Waals surface area (Å²) in [6, 6.07) is 18.4. The molecule has 0 aliphatic carbocycles. The largest absolute Gasteiger partial charge is 0.372 e. The molecule has 1 aliphatic heterocycles. The van der Waals surface area contributed by atoms with Crippen LogP contribution >= 0.6 is 23.1 Å². The number of fused-ring (bicyclic) bond motifs is 3. The molecule has 0 amide bonds. The van der Waals surface area contributed by atoms with Crippen molar-refractivity contribution in [1.29, 1.82) is 0 Å². The van der Waals surface area contributed by atoms with Crippen LogP contribution in [-0.2, 0) is 23.5 Å². The third kappa shape index (κ3) is 4.03. The number of thiophene rings is 1. The molecule has 164 valence electrons. The van der Waals surface area contributed by atoms with Crippen LogP contribution in [0, 0.1) is 12.8 Å². The van der Waals surface area contributed by atoms with E-state index in [4.69, 9.17) is 9.72 Å². The summed E-state index contributed by atoms with van der Waals surface area (Å²) in [6.45, 7) is 6.96. The van der Waals surface area contributed by atoms with Gasteiger partial charge in [-0.15, -0.1) is 11.3 Å². The molecule has 2 aromatic carbocycles. The molecule has 4 aromatic rings. The van der Waals surface area contributed by atoms with Crippen molar-refractivity contribution in [2.75, 3.05) is 0 Å². The third-order valence-corrected chi connectivity index (χ3v) is 8.03. The monoisotopic (exact) mass is 462 g/mol. The number of benzene rings is 2. The Labute approximate surface area is 196 Å². The lowest BCUT2D eigenvalue weighted by Gasteiger charge is -2.26. The number of rotatable bonds is 5. The highest BCUT2D eigenvalue weighted by Crippen LogP contribution is 2.36. The molecule has 6 heteroatoms. The minimum absolute atomic E-state index is 0.0260. The number of nitrogens with zero attached hydrogens (tertiary/aromatic N) is 2. The molecule has 32 heavy (non-hydrogen) atoms. The van der Waals surface area contributed by atoms with E-state index in [0.29, 0.717) is 12.5 Å². The SMILES string of the molecule is Cc1cccc(-n2c(SCc3ccccc3)nc3sc4c(c3c2=O)C[C@H](C(C)C)OC4)c1. The fourth-order valence-corrected chi connectivity index (χ4v) is 6.28. The Bertz CT molecular complexity index is 1330. The van der Waals surface area contributed by atoms with Crippen molar-refractivity contribution in [2.24, 2.45) is 5.92 Å². The van der Waals surface area contributed by atoms with Crippen molar-refractivity contribution in [2.45, 2.75) is 50.8 Å². The Morgan fingerprint density at radius 3 is 2.75 bits per heavy atom. The van der Waals surface area contributed by atoms with Crippen molar-refractivity contribution in [3.63, 3.8) is 0 Å². The van der Waals surface area contributed by atoms with Crippen LogP contribution in [0.2, 0.25) is 0 Å². The highest BCUT2D eigenvalue weighted by molar-refractivity contribution is 7.98. The average Bonchev–Trinajstić information content (AvgIpc) is 3.16. The molecule has 0 radical (unpaired) electrons. The topological polar surface area (TPSA) is 44.1 Å². The van der Waals surface area contributed by atoms with Gasteiger partial charge in [0.2, 0.25) is 0 Å². The predicted octanol–water partition coefficient (Wildman–Crippen LogP) is 6.15. The minimum Gasteiger partial charge on any atom is -0.372 e. The van der Waals surface area contributed by atoms with Crippen molar-refractivity contribution in [1.82, 2.24) is 9.55 Å². The van der Waals surface area contributed by atoms with Gasteiger partial charge < -0.3 is 4.74 Å². The van der Waals surface area contributed by atoms with Gasteiger partial charge in [0.25, 0.3) is 5.56 Å². The van der Waals surface area contributed by atoms with Gasteiger partial charge in [-0.25, -0.2) is 4.98 Å². The standard InChI is InChI=1S/C26H26N2O2S2/c1-16(2)21-13-20-22(14-30-21)32-24-23(20)25(29)28(19-11-7-8-17(3)12-19)26(27-24)31-15-18-9-5-4-6-10-18/h4-12,16,21H,13-15H2,1-3H3/t21-/m1/s1. The molecule has 3 heterocycles. The van der Waals surface area contributed by atoms with Crippen LogP contribution in [0.3, 0.4) is 0 Å². The first-order valence-corrected chi connectivity index (χ1v) is 12.7. The Balaban J connectivity index is 1.67. The summed E-state index contributed by atoms with van der Waals surface area (Å²) in [5.41, 5.74) is 4.36. The average molecular weight is 463 g/mol. The highest BCUT2D eigenvalue weighted by Gasteiger charge is 2.28. The third-order valence-electron chi connectivity index (χ3n) is 5.93. The normalized spacial score (nSPS) is 15.9. The van der Waals surface area contributed by atoms with Crippen molar-refractivity contribution in [3.8, 4) is 5.69 Å². The number of hydrogen-bond donors (Lipinski definition) is 0. The van der Waals surface area contributed by atoms with E-state index in [2.05, 4.69) is 32.0 Å². The van der Waals surface area contributed by atoms with E-state index >= 15 is 0 Å². The van der Waals surface area contributed by atoms with Gasteiger partial charge >= 0.3 is 0 Å². The van der Waals surface area contributed by atoms with Gasteiger partial charge in [-0.2, -0.15) is 0 Å². The summed E-state index contributed by atoms with van der Waals surface area (Å²) in [6.07, 6.45) is 0.910. The zero-order chi connectivity index (χ0) is 22.2. The predicted molar refractivity (Wildman–Crippen MR) is 133 cm³/mol. The van der Waals surface area contributed by atoms with Crippen molar-refractivity contribution < 1.29 is 4.74 Å². The molecule has 0 bridgehead atoms. The van der Waals surface area contributed by atoms with Crippen LogP contribution in [0.1, 0.15) is 35.4 Å². The zero-order valence-corrected chi connectivity index (χ0v) is 20.1. The molecule has 4 nitrogen and oxygen atoms in total. The van der Waals surface area contributed by atoms with Crippen LogP contribution in [0.5, 0.6) is 0 Å². The van der Waals surface area contributed by atoms with Crippen LogP contribution in [0.4, 0.5) is 0 Å². The summed E-state index contributed by atoms with van der Waals surface area (Å²) < 4.78 is 7.87. The lowest BCUT2D eigenvalue weighted by molar-refractivity contribution is 0.00200. The van der Waals surface area contributed by atoms with Crippen LogP contribution in [-0.4, -0.2) is 15.7 Å². The Morgan fingerprint density at radius 2 is 2.00 bits per heavy atom. The first-order chi connectivity index (χ1) is 15.5. The Kier molecular flexibility index (Phi) is 5.93. The lowest BCUT2D eigenvalue weighted by atomic mass is 9.96. The molecule has 0 N–H and O–H groups in total. The van der Waals surface area contributed by atoms with Crippen LogP contribution < -0.4 is 5.56 Å². The minimum atomic E-state index is 0.0260. The van der Waals surface area contributed by atoms with E-state index in [1.165, 1.54) is 5.56 Å². The molecular formula is C26H26N2O2S2. The maximum Gasteiger partial charge on any atom is 0.267 e. The smallest absolute Gasteiger partial charge is 0.267 e. The van der Waals surface area contributed by atoms with E-state index in [1.54, 1.807) is 27.7 Å². The van der Waals surface area contributed by atoms with Gasteiger partial charge in [0.15, 0.2) is 5.16 Å². The van der Waals surface area contributed by atoms with Gasteiger partial charge in [0.1, 0.15) is 4.83 Å². The molecule has 0 fully saturated rings. The second-order valence-corrected chi connectivity index (χ2v) is 10.7. The summed E-state index contributed by atoms with van der Waals surface area (Å²) in [7, 11) is 0. The molecule has 0 spiro atoms. The summed E-state index contributed by atoms with van der Waals surface area (Å²) in [5.74, 6) is 1.17. The quantitative estimate of drug-likeness (QED) is 0.264. The number of thioether (sulfide) groups is 1. The van der Waals surface area contributed by atoms with E-state index in [-0.39, 0.29) is 11.7 Å². The molecule has 0 saturated heterocycles. The first kappa shape index (κ1) is 21.4. The van der Waals surface area contributed by atoms with Gasteiger partial charge in [-0.3, -0.25) is 9.36 Å². The summed E-state index contributed by atoms with van der Waals surface area (Å²) in [4.78, 5) is 20.9. The molecule has 1 aliphatic rings. The van der Waals surface area contributed by atoms with Gasteiger partial charge in [-0.05, 0) is 41.7 Å². The van der Waals surface area contributed by atoms with Crippen molar-refractivity contribution >= 4 is 33.3 Å². The second-order valence-electron chi connectivity index (χ2n) is 8.63. The van der Waals surface area contributed by atoms with Gasteiger partial charge in [0, 0.05) is 17.1 Å². The highest BCUT2D eigenvalue weighted by atomic mass is 32.2. The molecule has 2 aromatic heterocycles. The van der Waals surface area contributed by atoms with Crippen LogP contribution in [0.15, 0.2) is 64.5 Å². The second kappa shape index (κ2) is 8.85. The van der Waals surface area contributed by atoms with Gasteiger partial charge in [0.05, 0.1) is 23.8 Å². The number of hydrogen-bond acceptors (Lipinski definition) is 5. The van der Waals surface area contributed by atoms with E-state index in [1.807, 2.05) is 43.3 Å². The Morgan fingerprint density at radius 1 is 1.19 bits per heavy atom. The number of aromatic nitrogens is 2. The maximum atomic E-state index is 14.0. The summed E-state index contributed by atoms with van der Waals surface area (Å²) >= 11 is 3.22. The molecule has 1 atom stereocenters. The molecular weight excluding hydrogens is 436 g/mol. The number of ether oxygens (including phenoxy) is 1. The first-order valence-electron chi connectivity index (χ1n) is 10.9. The molecule has 0 unspecified atom stereocenters. The van der Waals surface area contributed by atoms with Gasteiger partial charge in [-0.1, -0.05) is 68.1 Å². The summed E-state index contributed by atoms with van der Waals surface area (Å²) in [5, 5.41) is 1.50. The lowest BCUT2D eigenvalue weighted by Crippen LogP contribution is -2.28. The van der Waals surface area contributed by atoms with E-state index in [9.17, 15) is 4.79 Å². The van der Waals surface area contributed by atoms with E-state index in [0.717, 1.165) is 49.2 Å². The Hall–Kier alpha value is -2.41. The van der Waals surface area contributed by atoms with Crippen LogP contribution in [0.25, 0.3) is 15.9 Å². The van der Waals surface area contributed by atoms with Crippen molar-refractivity contribution in [3.05, 3.63) is 86.5 Å².